The van der Waals surface area contributed by atoms with Crippen molar-refractivity contribution in [2.75, 3.05) is 21.1 Å². The molecule has 0 amide bonds. The maximum atomic E-state index is 8.68. The Morgan fingerprint density at radius 3 is 0.771 bits per heavy atom. The lowest BCUT2D eigenvalue weighted by Gasteiger charge is -2.18. The summed E-state index contributed by atoms with van der Waals surface area (Å²) in [5.74, 6) is 0. The first-order valence-corrected chi connectivity index (χ1v) is 14.1. The summed E-state index contributed by atoms with van der Waals surface area (Å²) in [6, 6.07) is 0. The van der Waals surface area contributed by atoms with E-state index in [0.29, 0.717) is 0 Å². The van der Waals surface area contributed by atoms with E-state index in [4.69, 9.17) is 16.2 Å². The van der Waals surface area contributed by atoms with Gasteiger partial charge < -0.3 is 14.7 Å². The van der Waals surface area contributed by atoms with Gasteiger partial charge in [0.25, 0.3) is 0 Å². The number of hydrogen-bond acceptors (Lipinski definition) is 6. The Balaban J connectivity index is 1.88. The molecule has 222 valence electrons. The summed E-state index contributed by atoms with van der Waals surface area (Å²) in [5.41, 5.74) is 51.0. The van der Waals surface area contributed by atoms with Crippen LogP contribution in [0.15, 0.2) is 210 Å². The van der Waals surface area contributed by atoms with E-state index >= 15 is 0 Å². The van der Waals surface area contributed by atoms with Crippen molar-refractivity contribution in [2.24, 2.45) is 0 Å². The first-order chi connectivity index (χ1) is 23.3. The van der Waals surface area contributed by atoms with E-state index in [9.17, 15) is 0 Å². The molecule has 1 saturated carbocycles. The second-order valence-electron chi connectivity index (χ2n) is 9.76. The van der Waals surface area contributed by atoms with Crippen molar-refractivity contribution in [3.05, 3.63) is 210 Å². The number of hydrogen-bond donors (Lipinski definition) is 3. The van der Waals surface area contributed by atoms with Gasteiger partial charge in [0.1, 0.15) is 0 Å². The van der Waals surface area contributed by atoms with Crippen LogP contribution in [0.1, 0.15) is 0 Å². The van der Waals surface area contributed by atoms with Crippen molar-refractivity contribution in [1.29, 1.82) is 16.2 Å². The second kappa shape index (κ2) is 16.8. The maximum Gasteiger partial charge on any atom is 0.0897 e. The molecular formula is C42H24N6. The molecular weight excluding hydrogens is 589 g/mol. The Hall–Kier alpha value is -7.89. The van der Waals surface area contributed by atoms with Crippen LogP contribution in [0, 0.1) is 16.2 Å². The van der Waals surface area contributed by atoms with E-state index in [-0.39, 0.29) is 33.9 Å². The fourth-order valence-electron chi connectivity index (χ4n) is 3.66. The van der Waals surface area contributed by atoms with Gasteiger partial charge >= 0.3 is 0 Å². The fourth-order valence-corrected chi connectivity index (χ4v) is 3.66. The fraction of sp³-hybridized carbons (Fsp3) is 0.0714. The average Bonchev–Trinajstić information content (AvgIpc) is 3.08. The predicted octanol–water partition coefficient (Wildman–Crippen LogP) is 6.66. The van der Waals surface area contributed by atoms with E-state index in [1.165, 1.54) is 0 Å². The van der Waals surface area contributed by atoms with Crippen LogP contribution in [-0.4, -0.2) is 53.0 Å². The number of allylic oxidation sites excluding steroid dienone is 12. The van der Waals surface area contributed by atoms with Crippen LogP contribution in [-0.2, 0) is 0 Å². The predicted molar refractivity (Wildman–Crippen MR) is 186 cm³/mol. The van der Waals surface area contributed by atoms with Crippen LogP contribution in [0.3, 0.4) is 0 Å². The van der Waals surface area contributed by atoms with Crippen LogP contribution in [0.25, 0.3) is 0 Å². The van der Waals surface area contributed by atoms with Crippen molar-refractivity contribution >= 4 is 17.1 Å². The third kappa shape index (κ3) is 9.82. The maximum absolute atomic E-state index is 8.68. The third-order valence-electron chi connectivity index (χ3n) is 6.18. The SMILES string of the molecule is CN1C=CC(=C=C=C=C=C=C=C2C(=N)C(=C=C=C=C=C=C=C3C=CN(C)C=C3)C(=N)C(=C=C=C=C=C=C=C3C=CN(C)C=C3)C2=N)C=C1. The molecule has 4 rings (SSSR count). The molecule has 0 atom stereocenters. The lowest BCUT2D eigenvalue weighted by Crippen LogP contribution is -2.29. The lowest BCUT2D eigenvalue weighted by molar-refractivity contribution is 0.620. The summed E-state index contributed by atoms with van der Waals surface area (Å²) in [6.45, 7) is 0. The van der Waals surface area contributed by atoms with Crippen LogP contribution in [0.2, 0.25) is 0 Å². The van der Waals surface area contributed by atoms with Crippen molar-refractivity contribution in [2.45, 2.75) is 0 Å². The van der Waals surface area contributed by atoms with Gasteiger partial charge in [0.15, 0.2) is 0 Å². The number of nitrogens with zero attached hydrogens (tertiary/aromatic N) is 3. The second-order valence-corrected chi connectivity index (χ2v) is 9.76. The molecule has 0 aromatic heterocycles. The summed E-state index contributed by atoms with van der Waals surface area (Å²) in [6.07, 6.45) is 22.5. The zero-order valence-electron chi connectivity index (χ0n) is 26.3. The van der Waals surface area contributed by atoms with Crippen LogP contribution < -0.4 is 0 Å². The first kappa shape index (κ1) is 33.0. The minimum atomic E-state index is -0.196. The van der Waals surface area contributed by atoms with E-state index < -0.39 is 0 Å². The van der Waals surface area contributed by atoms with Gasteiger partial charge in [-0.2, -0.15) is 0 Å². The molecule has 4 aliphatic rings. The highest BCUT2D eigenvalue weighted by atomic mass is 15.1. The first-order valence-electron chi connectivity index (χ1n) is 14.1. The Kier molecular flexibility index (Phi) is 11.6. The highest BCUT2D eigenvalue weighted by Gasteiger charge is 2.31. The standard InChI is InChI=1S/C42H24N6/c1-46-28-22-34(23-29-46)16-10-4-7-13-19-37-40(43)38(20-14-8-5-11-17-35-24-30-47(2)31-25-35)42(45)39(41(37)44)21-15-9-6-12-18-36-26-32-48(3)33-27-36/h22-33,43-45H,1-3H3. The van der Waals surface area contributed by atoms with Crippen LogP contribution >= 0.6 is 0 Å². The number of nitrogens with one attached hydrogen (secondary N) is 3. The number of rotatable bonds is 0. The van der Waals surface area contributed by atoms with E-state index in [2.05, 4.69) is 103 Å². The zero-order chi connectivity index (χ0) is 34.1. The summed E-state index contributed by atoms with van der Waals surface area (Å²) in [5, 5.41) is 26.0. The van der Waals surface area contributed by atoms with Gasteiger partial charge in [-0.05, 0) is 122 Å². The molecule has 1 fully saturated rings. The Morgan fingerprint density at radius 2 is 0.542 bits per heavy atom. The minimum absolute atomic E-state index is 0.0207. The summed E-state index contributed by atoms with van der Waals surface area (Å²) < 4.78 is 0. The van der Waals surface area contributed by atoms with E-state index in [0.717, 1.165) is 16.7 Å². The smallest absolute Gasteiger partial charge is 0.0897 e. The van der Waals surface area contributed by atoms with Crippen molar-refractivity contribution in [3.8, 4) is 0 Å². The Bertz CT molecular complexity index is 2160. The molecule has 0 aromatic rings. The van der Waals surface area contributed by atoms with Gasteiger partial charge in [-0.15, -0.1) is 0 Å². The van der Waals surface area contributed by atoms with Gasteiger partial charge in [-0.1, -0.05) is 17.2 Å². The molecule has 48 heavy (non-hydrogen) atoms. The molecule has 0 spiro atoms. The van der Waals surface area contributed by atoms with Gasteiger partial charge in [0, 0.05) is 75.1 Å². The quantitative estimate of drug-likeness (QED) is 0.268. The van der Waals surface area contributed by atoms with E-state index in [1.54, 1.807) is 0 Å². The molecule has 0 radical (unpaired) electrons. The molecule has 6 heteroatoms. The Morgan fingerprint density at radius 1 is 0.333 bits per heavy atom. The highest BCUT2D eigenvalue weighted by molar-refractivity contribution is 6.53. The van der Waals surface area contributed by atoms with Crippen molar-refractivity contribution in [3.63, 3.8) is 0 Å². The average molecular weight is 613 g/mol. The molecule has 0 aromatic carbocycles. The molecule has 3 heterocycles. The molecule has 3 aliphatic heterocycles. The van der Waals surface area contributed by atoms with Crippen LogP contribution in [0.4, 0.5) is 0 Å². The third-order valence-corrected chi connectivity index (χ3v) is 6.18. The molecule has 1 aliphatic carbocycles. The topological polar surface area (TPSA) is 81.3 Å². The van der Waals surface area contributed by atoms with Gasteiger partial charge in [0.2, 0.25) is 0 Å². The van der Waals surface area contributed by atoms with Crippen molar-refractivity contribution in [1.82, 2.24) is 14.7 Å². The monoisotopic (exact) mass is 612 g/mol. The summed E-state index contributed by atoms with van der Waals surface area (Å²) in [4.78, 5) is 5.70. The minimum Gasteiger partial charge on any atom is -0.357 e. The molecule has 3 N–H and O–H groups in total. The van der Waals surface area contributed by atoms with E-state index in [1.807, 2.05) is 109 Å². The summed E-state index contributed by atoms with van der Waals surface area (Å²) >= 11 is 0. The summed E-state index contributed by atoms with van der Waals surface area (Å²) in [7, 11) is 5.75. The Labute approximate surface area is 278 Å². The zero-order valence-corrected chi connectivity index (χ0v) is 26.3. The molecule has 0 bridgehead atoms. The normalized spacial score (nSPS) is 14.8. The van der Waals surface area contributed by atoms with Gasteiger partial charge in [-0.3, -0.25) is 16.2 Å². The molecule has 0 saturated heterocycles. The van der Waals surface area contributed by atoms with Crippen LogP contribution in [0.5, 0.6) is 0 Å². The largest absolute Gasteiger partial charge is 0.357 e. The van der Waals surface area contributed by atoms with Crippen molar-refractivity contribution < 1.29 is 0 Å². The van der Waals surface area contributed by atoms with Gasteiger partial charge in [0.05, 0.1) is 33.9 Å². The lowest BCUT2D eigenvalue weighted by atomic mass is 9.82. The highest BCUT2D eigenvalue weighted by Crippen LogP contribution is 2.22. The van der Waals surface area contributed by atoms with Gasteiger partial charge in [-0.25, -0.2) is 0 Å². The molecule has 0 unspecified atom stereocenters. The molecule has 6 nitrogen and oxygen atoms in total.